The summed E-state index contributed by atoms with van der Waals surface area (Å²) in [5, 5.41) is 0. The van der Waals surface area contributed by atoms with Gasteiger partial charge in [-0.2, -0.15) is 0 Å². The molecule has 0 aromatic carbocycles. The van der Waals surface area contributed by atoms with Gasteiger partial charge in [-0.05, 0) is 0 Å². The van der Waals surface area contributed by atoms with E-state index in [0.29, 0.717) is 21.1 Å². The molecule has 0 aliphatic carbocycles. The van der Waals surface area contributed by atoms with Crippen LogP contribution < -0.4 is 0 Å². The van der Waals surface area contributed by atoms with Crippen LogP contribution in [0.25, 0.3) is 0 Å². The van der Waals surface area contributed by atoms with E-state index in [9.17, 15) is 0 Å². The molecule has 0 amide bonds. The molecule has 1 nitrogen and oxygen atoms in total. The van der Waals surface area contributed by atoms with Crippen LogP contribution in [0.3, 0.4) is 0 Å². The predicted octanol–water partition coefficient (Wildman–Crippen LogP) is 1.13. The molecule has 58 valence electrons. The summed E-state index contributed by atoms with van der Waals surface area (Å²) in [5.41, 5.74) is 0. The van der Waals surface area contributed by atoms with Crippen LogP contribution in [0.4, 0.5) is 0 Å². The van der Waals surface area contributed by atoms with Crippen LogP contribution in [0.15, 0.2) is 17.1 Å². The third-order valence-corrected chi connectivity index (χ3v) is 2.76. The van der Waals surface area contributed by atoms with E-state index in [4.69, 9.17) is 4.74 Å². The summed E-state index contributed by atoms with van der Waals surface area (Å²) in [4.78, 5) is 2.16. The predicted molar refractivity (Wildman–Crippen MR) is 46.8 cm³/mol. The summed E-state index contributed by atoms with van der Waals surface area (Å²) in [6, 6.07) is 4.13. The first-order chi connectivity index (χ1) is 5.43. The van der Waals surface area contributed by atoms with Crippen molar-refractivity contribution in [3.63, 3.8) is 0 Å². The molecule has 0 radical (unpaired) electrons. The van der Waals surface area contributed by atoms with Gasteiger partial charge in [0.2, 0.25) is 0 Å². The van der Waals surface area contributed by atoms with Crippen LogP contribution in [0.1, 0.15) is 11.4 Å². The average molecular weight is 213 g/mol. The Labute approximate surface area is 73.1 Å². The molecule has 1 aromatic rings. The van der Waals surface area contributed by atoms with Crippen LogP contribution in [0.2, 0.25) is 0 Å². The molecule has 0 fully saturated rings. The Hall–Kier alpha value is -0.481. The second-order valence-corrected chi connectivity index (χ2v) is 3.90. The standard InChI is InChI=1S/C9H10OSe/c1-2-10-7-3-5-9-6-4-8-11-9/h4,6,8H,2,7H2,1H3. The minimum atomic E-state index is 0.485. The van der Waals surface area contributed by atoms with E-state index in [1.807, 2.05) is 6.92 Å². The molecular formula is C9H10OSe. The van der Waals surface area contributed by atoms with Gasteiger partial charge in [0.25, 0.3) is 0 Å². The molecule has 0 aliphatic heterocycles. The van der Waals surface area contributed by atoms with E-state index < -0.39 is 0 Å². The van der Waals surface area contributed by atoms with Crippen molar-refractivity contribution in [3.8, 4) is 11.8 Å². The Morgan fingerprint density at radius 3 is 3.18 bits per heavy atom. The van der Waals surface area contributed by atoms with Crippen molar-refractivity contribution < 1.29 is 4.74 Å². The average Bonchev–Trinajstić information content (AvgIpc) is 2.50. The molecule has 0 aliphatic rings. The van der Waals surface area contributed by atoms with Crippen LogP contribution >= 0.6 is 0 Å². The molecule has 0 N–H and O–H groups in total. The fourth-order valence-electron chi connectivity index (χ4n) is 0.626. The number of hydrogen-bond donors (Lipinski definition) is 0. The molecular weight excluding hydrogens is 203 g/mol. The van der Waals surface area contributed by atoms with E-state index in [1.165, 1.54) is 4.44 Å². The summed E-state index contributed by atoms with van der Waals surface area (Å²) in [6.07, 6.45) is 0. The fraction of sp³-hybridized carbons (Fsp3) is 0.333. The zero-order chi connectivity index (χ0) is 7.94. The molecule has 0 unspecified atom stereocenters. The first-order valence-corrected chi connectivity index (χ1v) is 5.38. The van der Waals surface area contributed by atoms with Crippen molar-refractivity contribution in [2.24, 2.45) is 0 Å². The van der Waals surface area contributed by atoms with Crippen molar-refractivity contribution >= 4 is 14.5 Å². The second-order valence-electron chi connectivity index (χ2n) is 1.92. The van der Waals surface area contributed by atoms with Crippen molar-refractivity contribution in [2.45, 2.75) is 6.92 Å². The Balaban J connectivity index is 2.33. The molecule has 1 rings (SSSR count). The van der Waals surface area contributed by atoms with Gasteiger partial charge >= 0.3 is 72.7 Å². The van der Waals surface area contributed by atoms with Crippen LogP contribution in [0, 0.1) is 11.8 Å². The molecule has 0 atom stereocenters. The number of ether oxygens (including phenoxy) is 1. The summed E-state index contributed by atoms with van der Waals surface area (Å²) in [7, 11) is 0. The Morgan fingerprint density at radius 2 is 2.55 bits per heavy atom. The van der Waals surface area contributed by atoms with Gasteiger partial charge in [0, 0.05) is 0 Å². The molecule has 1 heterocycles. The molecule has 0 saturated heterocycles. The monoisotopic (exact) mass is 214 g/mol. The van der Waals surface area contributed by atoms with Gasteiger partial charge in [-0.1, -0.05) is 0 Å². The summed E-state index contributed by atoms with van der Waals surface area (Å²) in [6.45, 7) is 3.28. The Bertz CT molecular complexity index is 240. The maximum absolute atomic E-state index is 5.08. The number of rotatable bonds is 2. The third kappa shape index (κ3) is 3.43. The van der Waals surface area contributed by atoms with Crippen LogP contribution in [0.5, 0.6) is 0 Å². The van der Waals surface area contributed by atoms with E-state index >= 15 is 0 Å². The molecule has 11 heavy (non-hydrogen) atoms. The molecule has 2 heteroatoms. The second kappa shape index (κ2) is 5.21. The molecule has 0 spiro atoms. The van der Waals surface area contributed by atoms with Gasteiger partial charge in [-0.25, -0.2) is 0 Å². The summed E-state index contributed by atoms with van der Waals surface area (Å²) >= 11 is 0.485. The summed E-state index contributed by atoms with van der Waals surface area (Å²) in [5.74, 6) is 6.03. The minimum absolute atomic E-state index is 0.485. The van der Waals surface area contributed by atoms with Gasteiger partial charge in [-0.3, -0.25) is 0 Å². The van der Waals surface area contributed by atoms with E-state index in [0.717, 1.165) is 6.61 Å². The van der Waals surface area contributed by atoms with Gasteiger partial charge < -0.3 is 0 Å². The molecule has 0 saturated carbocycles. The molecule has 1 aromatic heterocycles. The van der Waals surface area contributed by atoms with Gasteiger partial charge in [0.05, 0.1) is 0 Å². The zero-order valence-electron chi connectivity index (χ0n) is 6.46. The van der Waals surface area contributed by atoms with Crippen LogP contribution in [-0.2, 0) is 4.74 Å². The maximum atomic E-state index is 5.08. The zero-order valence-corrected chi connectivity index (χ0v) is 8.18. The van der Waals surface area contributed by atoms with Gasteiger partial charge in [-0.15, -0.1) is 0 Å². The topological polar surface area (TPSA) is 9.23 Å². The van der Waals surface area contributed by atoms with Crippen molar-refractivity contribution in [1.29, 1.82) is 0 Å². The van der Waals surface area contributed by atoms with Crippen molar-refractivity contribution in [2.75, 3.05) is 13.2 Å². The van der Waals surface area contributed by atoms with Gasteiger partial charge in [0.15, 0.2) is 0 Å². The number of hydrogen-bond acceptors (Lipinski definition) is 1. The fourth-order valence-corrected chi connectivity index (χ4v) is 1.87. The summed E-state index contributed by atoms with van der Waals surface area (Å²) < 4.78 is 6.33. The first-order valence-electron chi connectivity index (χ1n) is 3.53. The van der Waals surface area contributed by atoms with Crippen molar-refractivity contribution in [1.82, 2.24) is 0 Å². The van der Waals surface area contributed by atoms with Gasteiger partial charge in [0.1, 0.15) is 0 Å². The Kier molecular flexibility index (Phi) is 4.08. The Morgan fingerprint density at radius 1 is 1.64 bits per heavy atom. The van der Waals surface area contributed by atoms with Crippen LogP contribution in [-0.4, -0.2) is 27.7 Å². The first kappa shape index (κ1) is 8.61. The van der Waals surface area contributed by atoms with E-state index in [-0.39, 0.29) is 0 Å². The quantitative estimate of drug-likeness (QED) is 0.406. The molecule has 0 bridgehead atoms. The van der Waals surface area contributed by atoms with E-state index in [1.54, 1.807) is 0 Å². The SMILES string of the molecule is CCOCC#Cc1ccc[se]1. The van der Waals surface area contributed by atoms with Crippen molar-refractivity contribution in [3.05, 3.63) is 21.5 Å². The third-order valence-electron chi connectivity index (χ3n) is 1.11. The normalized spacial score (nSPS) is 8.82. The van der Waals surface area contributed by atoms with E-state index in [2.05, 4.69) is 28.9 Å².